The van der Waals surface area contributed by atoms with E-state index in [1.807, 2.05) is 0 Å². The zero-order valence-electron chi connectivity index (χ0n) is 7.55. The lowest BCUT2D eigenvalue weighted by atomic mass is 10.2. The van der Waals surface area contributed by atoms with Crippen LogP contribution in [0.2, 0.25) is 0 Å². The van der Waals surface area contributed by atoms with Gasteiger partial charge in [0.05, 0.1) is 0 Å². The Hall–Kier alpha value is 0.660. The number of hydrogen-bond donors (Lipinski definition) is 1. The van der Waals surface area contributed by atoms with Crippen LogP contribution in [0.5, 0.6) is 0 Å². The first kappa shape index (κ1) is 9.75. The van der Waals surface area contributed by atoms with E-state index in [-0.39, 0.29) is 0 Å². The Morgan fingerprint density at radius 3 is 2.27 bits per heavy atom. The SMILES string of the molecule is CCS(C)(S)N1CCCCC1. The molecule has 0 spiro atoms. The molecule has 1 heterocycles. The molecule has 0 aliphatic carbocycles. The number of thiol groups is 1. The molecule has 0 saturated carbocycles. The lowest BCUT2D eigenvalue weighted by Gasteiger charge is -2.43. The highest BCUT2D eigenvalue weighted by Crippen LogP contribution is 2.52. The van der Waals surface area contributed by atoms with Gasteiger partial charge in [0.25, 0.3) is 0 Å². The average Bonchev–Trinajstić information content (AvgIpc) is 2.06. The van der Waals surface area contributed by atoms with Crippen LogP contribution in [-0.4, -0.2) is 29.4 Å². The summed E-state index contributed by atoms with van der Waals surface area (Å²) in [6.07, 6.45) is 6.48. The van der Waals surface area contributed by atoms with Crippen molar-refractivity contribution in [2.75, 3.05) is 25.1 Å². The van der Waals surface area contributed by atoms with Gasteiger partial charge in [-0.1, -0.05) is 13.3 Å². The average molecular weight is 193 g/mol. The summed E-state index contributed by atoms with van der Waals surface area (Å²) in [5.74, 6) is 1.22. The van der Waals surface area contributed by atoms with Gasteiger partial charge in [0.2, 0.25) is 0 Å². The van der Waals surface area contributed by atoms with E-state index in [1.165, 1.54) is 38.1 Å². The molecule has 1 aliphatic heterocycles. The van der Waals surface area contributed by atoms with Crippen molar-refractivity contribution in [3.8, 4) is 0 Å². The van der Waals surface area contributed by atoms with Crippen LogP contribution < -0.4 is 0 Å². The second-order valence-electron chi connectivity index (χ2n) is 3.27. The third-order valence-electron chi connectivity index (χ3n) is 2.42. The van der Waals surface area contributed by atoms with Crippen molar-refractivity contribution in [2.24, 2.45) is 0 Å². The minimum Gasteiger partial charge on any atom is -0.260 e. The van der Waals surface area contributed by atoms with Crippen molar-refractivity contribution >= 4 is 20.9 Å². The van der Waals surface area contributed by atoms with Gasteiger partial charge in [-0.05, 0) is 24.9 Å². The zero-order chi connectivity index (χ0) is 8.32. The molecule has 0 N–H and O–H groups in total. The van der Waals surface area contributed by atoms with Gasteiger partial charge < -0.3 is 0 Å². The minimum atomic E-state index is -0.693. The van der Waals surface area contributed by atoms with E-state index in [9.17, 15) is 0 Å². The van der Waals surface area contributed by atoms with Crippen molar-refractivity contribution in [3.63, 3.8) is 0 Å². The predicted molar refractivity (Wildman–Crippen MR) is 58.5 cm³/mol. The molecule has 1 nitrogen and oxygen atoms in total. The Kier molecular flexibility index (Phi) is 3.59. The summed E-state index contributed by atoms with van der Waals surface area (Å²) in [4.78, 5) is 0. The fourth-order valence-electron chi connectivity index (χ4n) is 1.44. The second kappa shape index (κ2) is 4.06. The van der Waals surface area contributed by atoms with Crippen molar-refractivity contribution in [1.82, 2.24) is 4.31 Å². The quantitative estimate of drug-likeness (QED) is 0.521. The molecule has 1 unspecified atom stereocenters. The summed E-state index contributed by atoms with van der Waals surface area (Å²) in [5.41, 5.74) is 0. The summed E-state index contributed by atoms with van der Waals surface area (Å²) in [6.45, 7) is 4.81. The highest BCUT2D eigenvalue weighted by Gasteiger charge is 2.21. The molecule has 0 radical (unpaired) electrons. The zero-order valence-corrected chi connectivity index (χ0v) is 9.26. The van der Waals surface area contributed by atoms with Crippen LogP contribution in [0.15, 0.2) is 0 Å². The molecule has 0 amide bonds. The van der Waals surface area contributed by atoms with Gasteiger partial charge >= 0.3 is 0 Å². The molecule has 3 heteroatoms. The van der Waals surface area contributed by atoms with E-state index in [2.05, 4.69) is 17.5 Å². The molecule has 1 atom stereocenters. The standard InChI is InChI=1S/C8H19NS2/c1-3-11(2,10)9-7-5-4-6-8-9/h10H,3-8H2,1-2H3. The molecule has 0 aromatic heterocycles. The predicted octanol–water partition coefficient (Wildman–Crippen LogP) is 2.69. The molecule has 0 bridgehead atoms. The molecule has 1 aliphatic rings. The van der Waals surface area contributed by atoms with Crippen molar-refractivity contribution in [1.29, 1.82) is 0 Å². The number of hydrogen-bond acceptors (Lipinski definition) is 2. The van der Waals surface area contributed by atoms with Crippen LogP contribution in [-0.2, 0) is 0 Å². The third-order valence-corrected chi connectivity index (χ3v) is 6.46. The normalized spacial score (nSPS) is 29.4. The third kappa shape index (κ3) is 2.56. The first-order valence-electron chi connectivity index (χ1n) is 4.40. The maximum Gasteiger partial charge on any atom is 0.00816 e. The highest BCUT2D eigenvalue weighted by atomic mass is 33.1. The molecule has 1 rings (SSSR count). The largest absolute Gasteiger partial charge is 0.260 e. The van der Waals surface area contributed by atoms with Crippen LogP contribution in [0.1, 0.15) is 26.2 Å². The molecular weight excluding hydrogens is 174 g/mol. The fourth-order valence-corrected chi connectivity index (χ4v) is 3.34. The van der Waals surface area contributed by atoms with E-state index in [1.54, 1.807) is 0 Å². The van der Waals surface area contributed by atoms with Gasteiger partial charge in [0, 0.05) is 13.1 Å². The monoisotopic (exact) mass is 193 g/mol. The van der Waals surface area contributed by atoms with Crippen LogP contribution >= 0.6 is 20.9 Å². The maximum absolute atomic E-state index is 4.74. The number of rotatable bonds is 2. The molecule has 1 fully saturated rings. The van der Waals surface area contributed by atoms with Crippen LogP contribution in [0.4, 0.5) is 0 Å². The van der Waals surface area contributed by atoms with Crippen LogP contribution in [0.25, 0.3) is 0 Å². The smallest absolute Gasteiger partial charge is 0.00816 e. The van der Waals surface area contributed by atoms with E-state index < -0.39 is 9.25 Å². The van der Waals surface area contributed by atoms with E-state index in [0.29, 0.717) is 0 Å². The van der Waals surface area contributed by atoms with Crippen LogP contribution in [0, 0.1) is 0 Å². The molecule has 68 valence electrons. The summed E-state index contributed by atoms with van der Waals surface area (Å²) in [5, 5.41) is 0. The van der Waals surface area contributed by atoms with Gasteiger partial charge in [-0.2, -0.15) is 0 Å². The Balaban J connectivity index is 2.43. The summed E-state index contributed by atoms with van der Waals surface area (Å²) in [6, 6.07) is 0. The molecule has 11 heavy (non-hydrogen) atoms. The fraction of sp³-hybridized carbons (Fsp3) is 1.00. The number of piperidine rings is 1. The molecular formula is C8H19NS2. The van der Waals surface area contributed by atoms with Gasteiger partial charge in [-0.25, -0.2) is 0 Å². The molecule has 1 saturated heterocycles. The Morgan fingerprint density at radius 1 is 1.27 bits per heavy atom. The van der Waals surface area contributed by atoms with Gasteiger partial charge in [0.1, 0.15) is 0 Å². The lowest BCUT2D eigenvalue weighted by Crippen LogP contribution is -2.30. The van der Waals surface area contributed by atoms with E-state index >= 15 is 0 Å². The van der Waals surface area contributed by atoms with E-state index in [4.69, 9.17) is 11.7 Å². The van der Waals surface area contributed by atoms with Gasteiger partial charge in [-0.15, -0.1) is 20.9 Å². The van der Waals surface area contributed by atoms with Crippen molar-refractivity contribution < 1.29 is 0 Å². The molecule has 0 aromatic rings. The maximum atomic E-state index is 4.74. The second-order valence-corrected chi connectivity index (χ2v) is 8.71. The van der Waals surface area contributed by atoms with E-state index in [0.717, 1.165) is 0 Å². The first-order valence-corrected chi connectivity index (χ1v) is 7.62. The highest BCUT2D eigenvalue weighted by molar-refractivity contribution is 8.86. The van der Waals surface area contributed by atoms with Crippen molar-refractivity contribution in [2.45, 2.75) is 26.2 Å². The summed E-state index contributed by atoms with van der Waals surface area (Å²) < 4.78 is 2.58. The topological polar surface area (TPSA) is 3.24 Å². The first-order chi connectivity index (χ1) is 5.17. The Bertz CT molecular complexity index is 119. The minimum absolute atomic E-state index is 0.693. The van der Waals surface area contributed by atoms with Crippen LogP contribution in [0.3, 0.4) is 0 Å². The van der Waals surface area contributed by atoms with Gasteiger partial charge in [0.15, 0.2) is 0 Å². The van der Waals surface area contributed by atoms with Crippen molar-refractivity contribution in [3.05, 3.63) is 0 Å². The van der Waals surface area contributed by atoms with Gasteiger partial charge in [-0.3, -0.25) is 4.31 Å². The molecule has 0 aromatic carbocycles. The lowest BCUT2D eigenvalue weighted by molar-refractivity contribution is 0.376. The Morgan fingerprint density at radius 2 is 1.82 bits per heavy atom. The number of nitrogens with zero attached hydrogens (tertiary/aromatic N) is 1. The summed E-state index contributed by atoms with van der Waals surface area (Å²) in [7, 11) is -0.693. The Labute approximate surface area is 76.8 Å². The summed E-state index contributed by atoms with van der Waals surface area (Å²) >= 11 is 4.74.